The molecular weight excluding hydrogens is 241 g/mol. The van der Waals surface area contributed by atoms with Gasteiger partial charge < -0.3 is 5.73 Å². The van der Waals surface area contributed by atoms with Gasteiger partial charge in [-0.05, 0) is 30.3 Å². The van der Waals surface area contributed by atoms with Crippen molar-refractivity contribution in [3.05, 3.63) is 65.2 Å². The summed E-state index contributed by atoms with van der Waals surface area (Å²) in [4.78, 5) is 7.99. The van der Waals surface area contributed by atoms with E-state index in [1.54, 1.807) is 37.5 Å². The Labute approximate surface area is 111 Å². The molecule has 0 unspecified atom stereocenters. The standard InChI is InChI=1S/C15H12FN3/c1-18-15(17)14-8-7-12(10-19-14)6-5-11-3-2-4-13(16)9-11/h2-4,7-10H,1H3,(H2,17,18). The van der Waals surface area contributed by atoms with E-state index in [4.69, 9.17) is 5.73 Å². The molecule has 0 fully saturated rings. The van der Waals surface area contributed by atoms with Crippen LogP contribution in [0.1, 0.15) is 16.8 Å². The Morgan fingerprint density at radius 2 is 2.00 bits per heavy atom. The van der Waals surface area contributed by atoms with Crippen molar-refractivity contribution in [2.75, 3.05) is 7.05 Å². The van der Waals surface area contributed by atoms with Crippen molar-refractivity contribution in [2.24, 2.45) is 10.7 Å². The van der Waals surface area contributed by atoms with Gasteiger partial charge in [0.05, 0.1) is 0 Å². The molecule has 0 aliphatic heterocycles. The lowest BCUT2D eigenvalue weighted by atomic mass is 10.2. The van der Waals surface area contributed by atoms with E-state index in [2.05, 4.69) is 21.8 Å². The summed E-state index contributed by atoms with van der Waals surface area (Å²) in [5.41, 5.74) is 7.60. The van der Waals surface area contributed by atoms with Crippen LogP contribution < -0.4 is 5.73 Å². The zero-order valence-electron chi connectivity index (χ0n) is 10.4. The molecule has 2 aromatic rings. The number of amidine groups is 1. The van der Waals surface area contributed by atoms with Crippen LogP contribution in [0.2, 0.25) is 0 Å². The Morgan fingerprint density at radius 1 is 1.21 bits per heavy atom. The average molecular weight is 253 g/mol. The summed E-state index contributed by atoms with van der Waals surface area (Å²) < 4.78 is 13.0. The molecule has 0 aliphatic carbocycles. The van der Waals surface area contributed by atoms with Crippen LogP contribution in [0.25, 0.3) is 0 Å². The molecule has 3 nitrogen and oxygen atoms in total. The van der Waals surface area contributed by atoms with E-state index in [1.165, 1.54) is 12.1 Å². The van der Waals surface area contributed by atoms with Gasteiger partial charge in [0.2, 0.25) is 0 Å². The first-order valence-corrected chi connectivity index (χ1v) is 5.65. The predicted molar refractivity (Wildman–Crippen MR) is 73.3 cm³/mol. The summed E-state index contributed by atoms with van der Waals surface area (Å²) in [6.45, 7) is 0. The van der Waals surface area contributed by atoms with Crippen molar-refractivity contribution in [1.29, 1.82) is 0 Å². The molecule has 0 atom stereocenters. The third-order valence-electron chi connectivity index (χ3n) is 2.44. The van der Waals surface area contributed by atoms with Crippen LogP contribution in [0.3, 0.4) is 0 Å². The van der Waals surface area contributed by atoms with Gasteiger partial charge in [-0.25, -0.2) is 4.39 Å². The van der Waals surface area contributed by atoms with E-state index < -0.39 is 0 Å². The van der Waals surface area contributed by atoms with E-state index in [0.717, 1.165) is 5.56 Å². The number of nitrogens with zero attached hydrogens (tertiary/aromatic N) is 2. The molecule has 0 bridgehead atoms. The smallest absolute Gasteiger partial charge is 0.144 e. The van der Waals surface area contributed by atoms with E-state index >= 15 is 0 Å². The van der Waals surface area contributed by atoms with Gasteiger partial charge in [-0.1, -0.05) is 17.9 Å². The first-order valence-electron chi connectivity index (χ1n) is 5.65. The second-order valence-electron chi connectivity index (χ2n) is 3.80. The van der Waals surface area contributed by atoms with Crippen LogP contribution in [0.5, 0.6) is 0 Å². The van der Waals surface area contributed by atoms with Gasteiger partial charge in [-0.15, -0.1) is 0 Å². The molecule has 2 rings (SSSR count). The van der Waals surface area contributed by atoms with Crippen molar-refractivity contribution in [1.82, 2.24) is 4.98 Å². The number of rotatable bonds is 1. The van der Waals surface area contributed by atoms with Crippen molar-refractivity contribution >= 4 is 5.84 Å². The van der Waals surface area contributed by atoms with Crippen LogP contribution in [0.4, 0.5) is 4.39 Å². The van der Waals surface area contributed by atoms with Gasteiger partial charge in [0.25, 0.3) is 0 Å². The quantitative estimate of drug-likeness (QED) is 0.480. The monoisotopic (exact) mass is 253 g/mol. The zero-order valence-corrected chi connectivity index (χ0v) is 10.4. The first-order chi connectivity index (χ1) is 9.19. The van der Waals surface area contributed by atoms with Gasteiger partial charge in [0.1, 0.15) is 17.3 Å². The van der Waals surface area contributed by atoms with Crippen molar-refractivity contribution in [3.63, 3.8) is 0 Å². The minimum atomic E-state index is -0.299. The fourth-order valence-electron chi connectivity index (χ4n) is 1.44. The number of benzene rings is 1. The Hall–Kier alpha value is -2.67. The summed E-state index contributed by atoms with van der Waals surface area (Å²) in [5.74, 6) is 5.87. The molecule has 0 saturated carbocycles. The topological polar surface area (TPSA) is 51.3 Å². The van der Waals surface area contributed by atoms with Crippen LogP contribution >= 0.6 is 0 Å². The highest BCUT2D eigenvalue weighted by Crippen LogP contribution is 2.03. The highest BCUT2D eigenvalue weighted by atomic mass is 19.1. The van der Waals surface area contributed by atoms with Crippen molar-refractivity contribution < 1.29 is 4.39 Å². The van der Waals surface area contributed by atoms with Gasteiger partial charge in [0, 0.05) is 24.4 Å². The van der Waals surface area contributed by atoms with E-state index in [-0.39, 0.29) is 5.82 Å². The number of halogens is 1. The maximum atomic E-state index is 13.0. The van der Waals surface area contributed by atoms with Crippen LogP contribution in [-0.2, 0) is 0 Å². The summed E-state index contributed by atoms with van der Waals surface area (Å²) in [7, 11) is 1.61. The normalized spacial score (nSPS) is 10.7. The van der Waals surface area contributed by atoms with Crippen molar-refractivity contribution in [2.45, 2.75) is 0 Å². The molecule has 2 N–H and O–H groups in total. The predicted octanol–water partition coefficient (Wildman–Crippen LogP) is 1.96. The minimum absolute atomic E-state index is 0.299. The SMILES string of the molecule is CN=C(N)c1ccc(C#Cc2cccc(F)c2)cn1. The minimum Gasteiger partial charge on any atom is -0.382 e. The molecule has 19 heavy (non-hydrogen) atoms. The Morgan fingerprint density at radius 3 is 2.63 bits per heavy atom. The summed E-state index contributed by atoms with van der Waals surface area (Å²) in [6.07, 6.45) is 1.61. The molecule has 0 radical (unpaired) electrons. The van der Waals surface area contributed by atoms with Crippen LogP contribution in [-0.4, -0.2) is 17.9 Å². The molecular formula is C15H12FN3. The van der Waals surface area contributed by atoms with Gasteiger partial charge >= 0.3 is 0 Å². The lowest BCUT2D eigenvalue weighted by Crippen LogP contribution is -2.14. The molecule has 4 heteroatoms. The second-order valence-corrected chi connectivity index (χ2v) is 3.80. The third kappa shape index (κ3) is 3.39. The molecule has 0 amide bonds. The van der Waals surface area contributed by atoms with E-state index in [9.17, 15) is 4.39 Å². The van der Waals surface area contributed by atoms with Gasteiger partial charge in [-0.3, -0.25) is 9.98 Å². The maximum Gasteiger partial charge on any atom is 0.144 e. The third-order valence-corrected chi connectivity index (χ3v) is 2.44. The van der Waals surface area contributed by atoms with Crippen LogP contribution in [0, 0.1) is 17.7 Å². The number of hydrogen-bond donors (Lipinski definition) is 1. The molecule has 1 aromatic carbocycles. The maximum absolute atomic E-state index is 13.0. The Kier molecular flexibility index (Phi) is 3.89. The largest absolute Gasteiger partial charge is 0.382 e. The van der Waals surface area contributed by atoms with Gasteiger partial charge in [-0.2, -0.15) is 0 Å². The van der Waals surface area contributed by atoms with Crippen molar-refractivity contribution in [3.8, 4) is 11.8 Å². The lowest BCUT2D eigenvalue weighted by molar-refractivity contribution is 0.627. The number of hydrogen-bond acceptors (Lipinski definition) is 2. The fourth-order valence-corrected chi connectivity index (χ4v) is 1.44. The summed E-state index contributed by atoms with van der Waals surface area (Å²) in [6, 6.07) is 9.69. The highest BCUT2D eigenvalue weighted by Gasteiger charge is 1.97. The van der Waals surface area contributed by atoms with E-state index in [1.807, 2.05) is 0 Å². The number of nitrogens with two attached hydrogens (primary N) is 1. The summed E-state index contributed by atoms with van der Waals surface area (Å²) in [5, 5.41) is 0. The molecule has 1 heterocycles. The zero-order chi connectivity index (χ0) is 13.7. The highest BCUT2D eigenvalue weighted by molar-refractivity contribution is 5.95. The average Bonchev–Trinajstić information content (AvgIpc) is 2.45. The first kappa shape index (κ1) is 12.8. The van der Waals surface area contributed by atoms with Gasteiger partial charge in [0.15, 0.2) is 0 Å². The molecule has 94 valence electrons. The number of aromatic nitrogens is 1. The second kappa shape index (κ2) is 5.78. The summed E-state index contributed by atoms with van der Waals surface area (Å²) >= 11 is 0. The molecule has 0 aliphatic rings. The number of pyridine rings is 1. The fraction of sp³-hybridized carbons (Fsp3) is 0.0667. The van der Waals surface area contributed by atoms with E-state index in [0.29, 0.717) is 17.1 Å². The Bertz CT molecular complexity index is 664. The molecule has 0 saturated heterocycles. The molecule has 0 spiro atoms. The Balaban J connectivity index is 2.21. The number of aliphatic imine (C=N–C) groups is 1. The molecule has 1 aromatic heterocycles. The lowest BCUT2D eigenvalue weighted by Gasteiger charge is -1.97. The van der Waals surface area contributed by atoms with Crippen LogP contribution in [0.15, 0.2) is 47.6 Å².